The number of carbonyl (C=O) groups excluding carboxylic acids is 2. The zero-order valence-corrected chi connectivity index (χ0v) is 20.9. The number of likely N-dealkylation sites (tertiary alicyclic amines) is 1. The van der Waals surface area contributed by atoms with Gasteiger partial charge in [-0.25, -0.2) is 4.79 Å². The first-order chi connectivity index (χ1) is 16.3. The van der Waals surface area contributed by atoms with Crippen molar-refractivity contribution in [3.63, 3.8) is 0 Å². The van der Waals surface area contributed by atoms with Gasteiger partial charge in [0.25, 0.3) is 0 Å². The number of nitrogens with zero attached hydrogens (tertiary/aromatic N) is 3. The number of β-amino-alcohol motifs (C(OH)–C–C–N with tert-alkyl or cyclic N) is 1. The lowest BCUT2D eigenvalue weighted by atomic mass is 9.90. The first-order valence-electron chi connectivity index (χ1n) is 12.1. The van der Waals surface area contributed by atoms with Crippen LogP contribution in [0.3, 0.4) is 0 Å². The summed E-state index contributed by atoms with van der Waals surface area (Å²) in [6, 6.07) is 3.76. The van der Waals surface area contributed by atoms with Gasteiger partial charge in [-0.1, -0.05) is 23.2 Å². The highest BCUT2D eigenvalue weighted by molar-refractivity contribution is 6.42. The van der Waals surface area contributed by atoms with Crippen molar-refractivity contribution >= 4 is 40.8 Å². The fourth-order valence-corrected chi connectivity index (χ4v) is 5.94. The minimum atomic E-state index is -0.578. The summed E-state index contributed by atoms with van der Waals surface area (Å²) in [6.07, 6.45) is 3.91. The molecule has 0 unspecified atom stereocenters. The number of hydrogen-bond donors (Lipinski definition) is 2. The zero-order valence-electron chi connectivity index (χ0n) is 19.4. The minimum Gasteiger partial charge on any atom is -0.391 e. The maximum Gasteiger partial charge on any atom is 0.322 e. The van der Waals surface area contributed by atoms with Gasteiger partial charge in [-0.2, -0.15) is 0 Å². The van der Waals surface area contributed by atoms with E-state index in [2.05, 4.69) is 10.2 Å². The molecular formula is C24H32Cl2N4O4. The third-order valence-corrected chi connectivity index (χ3v) is 8.80. The van der Waals surface area contributed by atoms with Gasteiger partial charge >= 0.3 is 6.03 Å². The van der Waals surface area contributed by atoms with Crippen molar-refractivity contribution in [2.75, 3.05) is 44.7 Å². The number of nitrogens with one attached hydrogen (secondary N) is 1. The molecule has 4 aliphatic rings. The number of halogens is 2. The van der Waals surface area contributed by atoms with Crippen LogP contribution in [0.1, 0.15) is 32.6 Å². The van der Waals surface area contributed by atoms with Gasteiger partial charge in [0.1, 0.15) is 6.04 Å². The molecular weight excluding hydrogens is 479 g/mol. The summed E-state index contributed by atoms with van der Waals surface area (Å²) in [5.41, 5.74) is 0.714. The van der Waals surface area contributed by atoms with Crippen molar-refractivity contribution in [1.29, 1.82) is 0 Å². The number of piperazine rings is 1. The molecule has 10 heteroatoms. The Morgan fingerprint density at radius 1 is 1.21 bits per heavy atom. The Labute approximate surface area is 210 Å². The molecule has 3 aliphatic heterocycles. The van der Waals surface area contributed by atoms with Crippen molar-refractivity contribution in [3.8, 4) is 0 Å². The number of morpholine rings is 1. The van der Waals surface area contributed by atoms with Crippen molar-refractivity contribution in [2.45, 2.75) is 56.8 Å². The Morgan fingerprint density at radius 2 is 2.00 bits per heavy atom. The Bertz CT molecular complexity index is 959. The summed E-state index contributed by atoms with van der Waals surface area (Å²) in [7, 11) is 0. The Hall–Kier alpha value is -1.58. The SMILES string of the molecule is C[C@H]1C(=O)N2[C@H](CCN3CCC4(CC4)[C@H](O)C3)COC[C@@H]2CN1C(=O)Nc1ccc(Cl)c(Cl)c1. The van der Waals surface area contributed by atoms with E-state index < -0.39 is 6.04 Å². The van der Waals surface area contributed by atoms with Crippen molar-refractivity contribution in [3.05, 3.63) is 28.2 Å². The average Bonchev–Trinajstić information content (AvgIpc) is 3.60. The summed E-state index contributed by atoms with van der Waals surface area (Å²) in [4.78, 5) is 32.2. The fraction of sp³-hybridized carbons (Fsp3) is 0.667. The van der Waals surface area contributed by atoms with Crippen LogP contribution >= 0.6 is 23.2 Å². The van der Waals surface area contributed by atoms with Crippen molar-refractivity contribution in [1.82, 2.24) is 14.7 Å². The number of amides is 3. The number of carbonyl (C=O) groups is 2. The van der Waals surface area contributed by atoms with Crippen LogP contribution in [-0.2, 0) is 9.53 Å². The van der Waals surface area contributed by atoms with E-state index in [0.29, 0.717) is 42.0 Å². The molecule has 186 valence electrons. The maximum absolute atomic E-state index is 13.4. The Balaban J connectivity index is 1.20. The Kier molecular flexibility index (Phi) is 6.72. The van der Waals surface area contributed by atoms with Crippen molar-refractivity contribution < 1.29 is 19.4 Å². The average molecular weight is 511 g/mol. The predicted molar refractivity (Wildman–Crippen MR) is 130 cm³/mol. The highest BCUT2D eigenvalue weighted by atomic mass is 35.5. The molecule has 3 heterocycles. The molecule has 0 radical (unpaired) electrons. The van der Waals surface area contributed by atoms with Gasteiger partial charge < -0.3 is 29.9 Å². The van der Waals surface area contributed by atoms with Crippen LogP contribution in [0.5, 0.6) is 0 Å². The summed E-state index contributed by atoms with van der Waals surface area (Å²) in [5.74, 6) is -0.0514. The topological polar surface area (TPSA) is 85.4 Å². The van der Waals surface area contributed by atoms with Gasteiger partial charge in [0.05, 0.1) is 41.4 Å². The standard InChI is InChI=1S/C24H32Cl2N4O4/c1-15-22(32)30-17(4-8-28-9-7-24(5-6-24)21(31)12-28)13-34-14-18(30)11-29(15)23(33)27-16-2-3-19(25)20(26)10-16/h2-3,10,15,17-18,21,31H,4-9,11-14H2,1H3,(H,27,33)/t15-,17+,18-,21+/m0/s1. The Morgan fingerprint density at radius 3 is 2.71 bits per heavy atom. The lowest BCUT2D eigenvalue weighted by Crippen LogP contribution is -2.68. The highest BCUT2D eigenvalue weighted by Crippen LogP contribution is 2.53. The summed E-state index contributed by atoms with van der Waals surface area (Å²) in [5, 5.41) is 14.1. The molecule has 1 aromatic rings. The van der Waals surface area contributed by atoms with E-state index in [9.17, 15) is 14.7 Å². The maximum atomic E-state index is 13.4. The monoisotopic (exact) mass is 510 g/mol. The van der Waals surface area contributed by atoms with Gasteiger partial charge in [-0.15, -0.1) is 0 Å². The zero-order chi connectivity index (χ0) is 24.0. The molecule has 34 heavy (non-hydrogen) atoms. The highest BCUT2D eigenvalue weighted by Gasteiger charge is 2.51. The molecule has 4 fully saturated rings. The number of aliphatic hydroxyl groups is 1. The normalized spacial score (nSPS) is 30.9. The number of ether oxygens (including phenoxy) is 1. The van der Waals surface area contributed by atoms with E-state index in [1.807, 2.05) is 4.90 Å². The second kappa shape index (κ2) is 9.47. The lowest BCUT2D eigenvalue weighted by molar-refractivity contribution is -0.159. The number of anilines is 1. The molecule has 8 nitrogen and oxygen atoms in total. The molecule has 0 bridgehead atoms. The largest absolute Gasteiger partial charge is 0.391 e. The first-order valence-corrected chi connectivity index (χ1v) is 12.9. The van der Waals surface area contributed by atoms with E-state index in [0.717, 1.165) is 38.8 Å². The molecule has 2 N–H and O–H groups in total. The number of piperidine rings is 1. The van der Waals surface area contributed by atoms with E-state index in [1.165, 1.54) is 0 Å². The molecule has 1 aliphatic carbocycles. The van der Waals surface area contributed by atoms with Crippen LogP contribution in [-0.4, -0.2) is 95.4 Å². The van der Waals surface area contributed by atoms with Gasteiger partial charge in [0.2, 0.25) is 5.91 Å². The summed E-state index contributed by atoms with van der Waals surface area (Å²) >= 11 is 12.0. The van der Waals surface area contributed by atoms with Crippen LogP contribution < -0.4 is 5.32 Å². The van der Waals surface area contributed by atoms with E-state index in [-0.39, 0.29) is 35.5 Å². The minimum absolute atomic E-state index is 0.0251. The number of aliphatic hydroxyl groups excluding tert-OH is 1. The predicted octanol–water partition coefficient (Wildman–Crippen LogP) is 3.06. The number of benzene rings is 1. The number of urea groups is 1. The molecule has 5 rings (SSSR count). The third kappa shape index (κ3) is 4.63. The van der Waals surface area contributed by atoms with Crippen LogP contribution in [0, 0.1) is 5.41 Å². The molecule has 3 amide bonds. The van der Waals surface area contributed by atoms with Gasteiger partial charge in [0, 0.05) is 25.3 Å². The van der Waals surface area contributed by atoms with Gasteiger partial charge in [-0.05, 0) is 62.8 Å². The smallest absolute Gasteiger partial charge is 0.322 e. The fourth-order valence-electron chi connectivity index (χ4n) is 5.64. The molecule has 1 spiro atoms. The van der Waals surface area contributed by atoms with Crippen LogP contribution in [0.2, 0.25) is 10.0 Å². The number of rotatable bonds is 4. The van der Waals surface area contributed by atoms with Crippen molar-refractivity contribution in [2.24, 2.45) is 5.41 Å². The second-order valence-corrected chi connectivity index (χ2v) is 11.0. The lowest BCUT2D eigenvalue weighted by Gasteiger charge is -2.50. The van der Waals surface area contributed by atoms with Crippen LogP contribution in [0.4, 0.5) is 10.5 Å². The quantitative estimate of drug-likeness (QED) is 0.649. The number of hydrogen-bond acceptors (Lipinski definition) is 5. The van der Waals surface area contributed by atoms with Crippen LogP contribution in [0.25, 0.3) is 0 Å². The second-order valence-electron chi connectivity index (χ2n) is 10.2. The van der Waals surface area contributed by atoms with Crippen LogP contribution in [0.15, 0.2) is 18.2 Å². The molecule has 4 atom stereocenters. The number of fused-ring (bicyclic) bond motifs is 1. The summed E-state index contributed by atoms with van der Waals surface area (Å²) < 4.78 is 5.86. The summed E-state index contributed by atoms with van der Waals surface area (Å²) in [6.45, 7) is 5.64. The molecule has 1 aromatic carbocycles. The van der Waals surface area contributed by atoms with Gasteiger partial charge in [0.15, 0.2) is 0 Å². The molecule has 1 saturated carbocycles. The van der Waals surface area contributed by atoms with E-state index in [4.69, 9.17) is 27.9 Å². The van der Waals surface area contributed by atoms with E-state index >= 15 is 0 Å². The molecule has 0 aromatic heterocycles. The first kappa shape index (κ1) is 24.1. The van der Waals surface area contributed by atoms with E-state index in [1.54, 1.807) is 30.0 Å². The van der Waals surface area contributed by atoms with Gasteiger partial charge in [-0.3, -0.25) is 4.79 Å². The third-order valence-electron chi connectivity index (χ3n) is 8.06. The molecule has 3 saturated heterocycles.